The molecule has 0 aromatic heterocycles. The van der Waals surface area contributed by atoms with Crippen LogP contribution in [0.15, 0.2) is 47.4 Å². The molecule has 2 rings (SSSR count). The molecule has 0 saturated heterocycles. The molecule has 0 radical (unpaired) electrons. The van der Waals surface area contributed by atoms with Crippen molar-refractivity contribution in [3.05, 3.63) is 64.2 Å². The Morgan fingerprint density at radius 3 is 2.22 bits per heavy atom. The Morgan fingerprint density at radius 2 is 1.70 bits per heavy atom. The van der Waals surface area contributed by atoms with Crippen molar-refractivity contribution >= 4 is 27.6 Å². The van der Waals surface area contributed by atoms with Crippen LogP contribution in [0.2, 0.25) is 5.02 Å². The van der Waals surface area contributed by atoms with Crippen molar-refractivity contribution in [1.82, 2.24) is 4.72 Å². The molecule has 0 bridgehead atoms. The average Bonchev–Trinajstić information content (AvgIpc) is 2.60. The lowest BCUT2D eigenvalue weighted by Crippen LogP contribution is -2.27. The SMILES string of the molecule is COC(=O)c1cc(S(=O)(=O)N[C@@H](C)c2ccc(C(C)(C)C)cc2)ccc1Cl. The van der Waals surface area contributed by atoms with Crippen molar-refractivity contribution < 1.29 is 17.9 Å². The lowest BCUT2D eigenvalue weighted by molar-refractivity contribution is 0.0600. The Balaban J connectivity index is 2.27. The largest absolute Gasteiger partial charge is 0.465 e. The number of halogens is 1. The van der Waals surface area contributed by atoms with E-state index in [0.29, 0.717) is 0 Å². The zero-order chi connectivity index (χ0) is 20.4. The normalized spacial score (nSPS) is 13.3. The first-order chi connectivity index (χ1) is 12.5. The summed E-state index contributed by atoms with van der Waals surface area (Å²) in [6.07, 6.45) is 0. The van der Waals surface area contributed by atoms with Gasteiger partial charge in [0.05, 0.1) is 22.6 Å². The number of esters is 1. The fourth-order valence-corrected chi connectivity index (χ4v) is 4.03. The molecule has 0 unspecified atom stereocenters. The lowest BCUT2D eigenvalue weighted by atomic mass is 9.86. The summed E-state index contributed by atoms with van der Waals surface area (Å²) in [6.45, 7) is 8.12. The predicted molar refractivity (Wildman–Crippen MR) is 107 cm³/mol. The molecular weight excluding hydrogens is 386 g/mol. The van der Waals surface area contributed by atoms with Crippen LogP contribution < -0.4 is 4.72 Å². The van der Waals surface area contributed by atoms with Crippen LogP contribution in [0.3, 0.4) is 0 Å². The number of carbonyl (C=O) groups excluding carboxylic acids is 1. The zero-order valence-corrected chi connectivity index (χ0v) is 17.6. The maximum Gasteiger partial charge on any atom is 0.339 e. The van der Waals surface area contributed by atoms with Crippen LogP contribution >= 0.6 is 11.6 Å². The third kappa shape index (κ3) is 5.09. The standard InChI is InChI=1S/C20H24ClNO4S/c1-13(14-6-8-15(9-7-14)20(2,3)4)22-27(24,25)16-10-11-18(21)17(12-16)19(23)26-5/h6-13,22H,1-5H3/t13-/m0/s1. The number of ether oxygens (including phenoxy) is 1. The zero-order valence-electron chi connectivity index (χ0n) is 16.0. The summed E-state index contributed by atoms with van der Waals surface area (Å²) in [4.78, 5) is 11.7. The van der Waals surface area contributed by atoms with Gasteiger partial charge < -0.3 is 4.74 Å². The van der Waals surface area contributed by atoms with Gasteiger partial charge in [-0.1, -0.05) is 56.6 Å². The third-order valence-corrected chi connectivity index (χ3v) is 6.13. The van der Waals surface area contributed by atoms with Crippen molar-refractivity contribution in [1.29, 1.82) is 0 Å². The summed E-state index contributed by atoms with van der Waals surface area (Å²) >= 11 is 5.96. The van der Waals surface area contributed by atoms with E-state index in [0.717, 1.165) is 5.56 Å². The number of hydrogen-bond donors (Lipinski definition) is 1. The van der Waals surface area contributed by atoms with Gasteiger partial charge in [0.1, 0.15) is 0 Å². The van der Waals surface area contributed by atoms with Gasteiger partial charge in [0.2, 0.25) is 10.0 Å². The van der Waals surface area contributed by atoms with E-state index >= 15 is 0 Å². The molecule has 0 aliphatic rings. The molecule has 7 heteroatoms. The van der Waals surface area contributed by atoms with Crippen molar-refractivity contribution in [2.75, 3.05) is 7.11 Å². The van der Waals surface area contributed by atoms with Crippen molar-refractivity contribution in [3.63, 3.8) is 0 Å². The highest BCUT2D eigenvalue weighted by atomic mass is 35.5. The average molecular weight is 410 g/mol. The Labute approximate surface area is 165 Å². The fourth-order valence-electron chi connectivity index (χ4n) is 2.58. The van der Waals surface area contributed by atoms with Crippen LogP contribution in [0, 0.1) is 0 Å². The first-order valence-electron chi connectivity index (χ1n) is 8.46. The van der Waals surface area contributed by atoms with E-state index < -0.39 is 22.0 Å². The minimum absolute atomic E-state index is 0.00391. The minimum Gasteiger partial charge on any atom is -0.465 e. The molecule has 0 saturated carbocycles. The van der Waals surface area contributed by atoms with E-state index in [9.17, 15) is 13.2 Å². The first-order valence-corrected chi connectivity index (χ1v) is 10.3. The van der Waals surface area contributed by atoms with Crippen molar-refractivity contribution in [3.8, 4) is 0 Å². The Bertz CT molecular complexity index is 931. The molecule has 0 spiro atoms. The highest BCUT2D eigenvalue weighted by Gasteiger charge is 2.22. The van der Waals surface area contributed by atoms with Gasteiger partial charge in [0.15, 0.2) is 0 Å². The van der Waals surface area contributed by atoms with E-state index in [1.807, 2.05) is 24.3 Å². The molecule has 146 valence electrons. The van der Waals surface area contributed by atoms with Gasteiger partial charge in [0.25, 0.3) is 0 Å². The molecule has 0 fully saturated rings. The van der Waals surface area contributed by atoms with Crippen LogP contribution in [0.4, 0.5) is 0 Å². The lowest BCUT2D eigenvalue weighted by Gasteiger charge is -2.21. The summed E-state index contributed by atoms with van der Waals surface area (Å²) in [5.41, 5.74) is 2.04. The molecule has 2 aromatic rings. The Morgan fingerprint density at radius 1 is 1.11 bits per heavy atom. The second-order valence-electron chi connectivity index (χ2n) is 7.35. The Hall–Kier alpha value is -1.89. The molecule has 5 nitrogen and oxygen atoms in total. The van der Waals surface area contributed by atoms with Gasteiger partial charge in [-0.3, -0.25) is 0 Å². The molecule has 1 N–H and O–H groups in total. The quantitative estimate of drug-likeness (QED) is 0.740. The molecular formula is C20H24ClNO4S. The highest BCUT2D eigenvalue weighted by Crippen LogP contribution is 2.26. The van der Waals surface area contributed by atoms with Gasteiger partial charge in [-0.25, -0.2) is 17.9 Å². The number of hydrogen-bond acceptors (Lipinski definition) is 4. The van der Waals surface area contributed by atoms with Crippen LogP contribution in [0.1, 0.15) is 55.2 Å². The van der Waals surface area contributed by atoms with Gasteiger partial charge in [-0.05, 0) is 41.7 Å². The van der Waals surface area contributed by atoms with Crippen LogP contribution in [-0.4, -0.2) is 21.5 Å². The van der Waals surface area contributed by atoms with Crippen molar-refractivity contribution in [2.24, 2.45) is 0 Å². The van der Waals surface area contributed by atoms with E-state index in [1.54, 1.807) is 6.92 Å². The van der Waals surface area contributed by atoms with E-state index in [2.05, 4.69) is 30.2 Å². The van der Waals surface area contributed by atoms with Gasteiger partial charge in [-0.2, -0.15) is 0 Å². The van der Waals surface area contributed by atoms with Crippen LogP contribution in [-0.2, 0) is 20.2 Å². The summed E-state index contributed by atoms with van der Waals surface area (Å²) in [5.74, 6) is -0.692. The number of methoxy groups -OCH3 is 1. The number of rotatable bonds is 5. The number of sulfonamides is 1. The van der Waals surface area contributed by atoms with Gasteiger partial charge in [0, 0.05) is 6.04 Å². The predicted octanol–water partition coefficient (Wildman–Crippen LogP) is 4.46. The topological polar surface area (TPSA) is 72.5 Å². The first kappa shape index (κ1) is 21.4. The molecule has 1 atom stereocenters. The van der Waals surface area contributed by atoms with Gasteiger partial charge in [-0.15, -0.1) is 0 Å². The number of benzene rings is 2. The molecule has 0 aliphatic carbocycles. The molecule has 2 aromatic carbocycles. The molecule has 27 heavy (non-hydrogen) atoms. The second-order valence-corrected chi connectivity index (χ2v) is 9.47. The Kier molecular flexibility index (Phi) is 6.35. The maximum absolute atomic E-state index is 12.7. The minimum atomic E-state index is -3.84. The van der Waals surface area contributed by atoms with Crippen molar-refractivity contribution in [2.45, 2.75) is 44.0 Å². The molecule has 0 heterocycles. The van der Waals surface area contributed by atoms with E-state index in [-0.39, 0.29) is 20.9 Å². The van der Waals surface area contributed by atoms with E-state index in [4.69, 9.17) is 11.6 Å². The van der Waals surface area contributed by atoms with E-state index in [1.165, 1.54) is 30.9 Å². The monoisotopic (exact) mass is 409 g/mol. The summed E-state index contributed by atoms with van der Waals surface area (Å²) in [7, 11) is -2.63. The second kappa shape index (κ2) is 8.00. The summed E-state index contributed by atoms with van der Waals surface area (Å²) < 4.78 is 32.7. The fraction of sp³-hybridized carbons (Fsp3) is 0.350. The number of nitrogens with one attached hydrogen (secondary N) is 1. The summed E-state index contributed by atoms with van der Waals surface area (Å²) in [6, 6.07) is 11.3. The molecule has 0 amide bonds. The number of carbonyl (C=O) groups is 1. The van der Waals surface area contributed by atoms with Gasteiger partial charge >= 0.3 is 5.97 Å². The molecule has 0 aliphatic heterocycles. The summed E-state index contributed by atoms with van der Waals surface area (Å²) in [5, 5.41) is 0.131. The highest BCUT2D eigenvalue weighted by molar-refractivity contribution is 7.89. The van der Waals surface area contributed by atoms with Crippen LogP contribution in [0.25, 0.3) is 0 Å². The maximum atomic E-state index is 12.7. The smallest absolute Gasteiger partial charge is 0.339 e. The van der Waals surface area contributed by atoms with Crippen LogP contribution in [0.5, 0.6) is 0 Å². The third-order valence-electron chi connectivity index (χ3n) is 4.26.